The zero-order valence-electron chi connectivity index (χ0n) is 13.1. The third-order valence-electron chi connectivity index (χ3n) is 3.37. The Morgan fingerprint density at radius 1 is 1.04 bits per heavy atom. The Kier molecular flexibility index (Phi) is 6.07. The number of rotatable bonds is 6. The van der Waals surface area contributed by atoms with Crippen LogP contribution in [0.2, 0.25) is 0 Å². The summed E-state index contributed by atoms with van der Waals surface area (Å²) in [5.41, 5.74) is 1.41. The molecule has 0 unspecified atom stereocenters. The zero-order chi connectivity index (χ0) is 17.6. The molecule has 3 aromatic rings. The number of anilines is 1. The second-order valence-corrected chi connectivity index (χ2v) is 8.09. The van der Waals surface area contributed by atoms with Crippen LogP contribution in [-0.2, 0) is 0 Å². The lowest BCUT2D eigenvalue weighted by Gasteiger charge is -2.06. The van der Waals surface area contributed by atoms with Crippen molar-refractivity contribution in [3.8, 4) is 0 Å². The smallest absolute Gasteiger partial charge is 0.265 e. The van der Waals surface area contributed by atoms with Crippen molar-refractivity contribution in [2.24, 2.45) is 0 Å². The van der Waals surface area contributed by atoms with Gasteiger partial charge in [0.25, 0.3) is 5.91 Å². The molecule has 126 valence electrons. The fourth-order valence-corrected chi connectivity index (χ4v) is 3.86. The molecule has 0 radical (unpaired) electrons. The first kappa shape index (κ1) is 17.9. The number of hydrogen-bond donors (Lipinski definition) is 1. The van der Waals surface area contributed by atoms with Gasteiger partial charge in [0.15, 0.2) is 5.78 Å². The molecule has 1 N–H and O–H groups in total. The Morgan fingerprint density at radius 3 is 2.56 bits per heavy atom. The third kappa shape index (κ3) is 5.04. The number of amides is 1. The van der Waals surface area contributed by atoms with Gasteiger partial charge in [0.1, 0.15) is 0 Å². The standard InChI is InChI=1S/C19H14BrNO2S2/c20-14-8-6-13(7-9-14)17(22)12-25-16-4-1-3-15(11-16)21-19(23)18-5-2-10-24-18/h1-11H,12H2,(H,21,23). The predicted octanol–water partition coefficient (Wildman–Crippen LogP) is 5.74. The summed E-state index contributed by atoms with van der Waals surface area (Å²) >= 11 is 6.22. The molecule has 0 saturated carbocycles. The maximum absolute atomic E-state index is 12.2. The summed E-state index contributed by atoms with van der Waals surface area (Å²) in [6.07, 6.45) is 0. The molecule has 6 heteroatoms. The first-order chi connectivity index (χ1) is 12.1. The molecular weight excluding hydrogens is 418 g/mol. The second kappa shape index (κ2) is 8.47. The van der Waals surface area contributed by atoms with Crippen LogP contribution in [0.5, 0.6) is 0 Å². The fraction of sp³-hybridized carbons (Fsp3) is 0.0526. The van der Waals surface area contributed by atoms with Gasteiger partial charge in [-0.2, -0.15) is 0 Å². The van der Waals surface area contributed by atoms with E-state index in [9.17, 15) is 9.59 Å². The van der Waals surface area contributed by atoms with Crippen molar-refractivity contribution >= 4 is 56.4 Å². The van der Waals surface area contributed by atoms with Crippen molar-refractivity contribution in [2.75, 3.05) is 11.1 Å². The molecule has 0 aliphatic carbocycles. The highest BCUT2D eigenvalue weighted by atomic mass is 79.9. The highest BCUT2D eigenvalue weighted by Crippen LogP contribution is 2.24. The molecule has 0 saturated heterocycles. The first-order valence-electron chi connectivity index (χ1n) is 7.48. The molecule has 25 heavy (non-hydrogen) atoms. The Hall–Kier alpha value is -1.89. The molecular formula is C19H14BrNO2S2. The molecule has 0 atom stereocenters. The van der Waals surface area contributed by atoms with Crippen LogP contribution in [0.25, 0.3) is 0 Å². The monoisotopic (exact) mass is 431 g/mol. The largest absolute Gasteiger partial charge is 0.321 e. The normalized spacial score (nSPS) is 10.4. The number of benzene rings is 2. The van der Waals surface area contributed by atoms with Crippen LogP contribution in [-0.4, -0.2) is 17.4 Å². The Labute approximate surface area is 162 Å². The highest BCUT2D eigenvalue weighted by molar-refractivity contribution is 9.10. The maximum Gasteiger partial charge on any atom is 0.265 e. The van der Waals surface area contributed by atoms with E-state index in [4.69, 9.17) is 0 Å². The van der Waals surface area contributed by atoms with Crippen molar-refractivity contribution in [3.63, 3.8) is 0 Å². The molecule has 0 fully saturated rings. The average molecular weight is 432 g/mol. The zero-order valence-corrected chi connectivity index (χ0v) is 16.3. The molecule has 0 bridgehead atoms. The van der Waals surface area contributed by atoms with Crippen molar-refractivity contribution in [1.82, 2.24) is 0 Å². The molecule has 1 amide bonds. The molecule has 3 nitrogen and oxygen atoms in total. The van der Waals surface area contributed by atoms with Crippen LogP contribution in [0.1, 0.15) is 20.0 Å². The summed E-state index contributed by atoms with van der Waals surface area (Å²) < 4.78 is 0.950. The van der Waals surface area contributed by atoms with E-state index in [2.05, 4.69) is 21.2 Å². The van der Waals surface area contributed by atoms with E-state index in [1.807, 2.05) is 60.0 Å². The quantitative estimate of drug-likeness (QED) is 0.399. The van der Waals surface area contributed by atoms with Gasteiger partial charge in [0, 0.05) is 20.6 Å². The number of carbonyl (C=O) groups is 2. The van der Waals surface area contributed by atoms with Gasteiger partial charge < -0.3 is 5.32 Å². The molecule has 0 spiro atoms. The molecule has 1 aromatic heterocycles. The minimum absolute atomic E-state index is 0.0746. The first-order valence-corrected chi connectivity index (χ1v) is 10.1. The van der Waals surface area contributed by atoms with Crippen molar-refractivity contribution in [3.05, 3.63) is 81.0 Å². The topological polar surface area (TPSA) is 46.2 Å². The van der Waals surface area contributed by atoms with Crippen molar-refractivity contribution < 1.29 is 9.59 Å². The third-order valence-corrected chi connectivity index (χ3v) is 5.76. The lowest BCUT2D eigenvalue weighted by atomic mass is 10.2. The summed E-state index contributed by atoms with van der Waals surface area (Å²) in [6.45, 7) is 0. The van der Waals surface area contributed by atoms with Gasteiger partial charge in [-0.05, 0) is 41.8 Å². The number of thiophene rings is 1. The minimum Gasteiger partial charge on any atom is -0.321 e. The average Bonchev–Trinajstić information content (AvgIpc) is 3.15. The molecule has 2 aromatic carbocycles. The van der Waals surface area contributed by atoms with E-state index in [-0.39, 0.29) is 11.7 Å². The number of carbonyl (C=O) groups excluding carboxylic acids is 2. The number of nitrogens with one attached hydrogen (secondary N) is 1. The molecule has 3 rings (SSSR count). The molecule has 0 aliphatic heterocycles. The second-order valence-electron chi connectivity index (χ2n) is 5.18. The van der Waals surface area contributed by atoms with E-state index >= 15 is 0 Å². The predicted molar refractivity (Wildman–Crippen MR) is 108 cm³/mol. The van der Waals surface area contributed by atoms with Crippen LogP contribution in [0, 0.1) is 0 Å². The van der Waals surface area contributed by atoms with E-state index < -0.39 is 0 Å². The van der Waals surface area contributed by atoms with Gasteiger partial charge in [-0.15, -0.1) is 23.1 Å². The number of halogens is 1. The lowest BCUT2D eigenvalue weighted by Crippen LogP contribution is -2.10. The molecule has 1 heterocycles. The van der Waals surface area contributed by atoms with Gasteiger partial charge in [0.2, 0.25) is 0 Å². The summed E-state index contributed by atoms with van der Waals surface area (Å²) in [5, 5.41) is 4.75. The summed E-state index contributed by atoms with van der Waals surface area (Å²) in [4.78, 5) is 26.0. The number of thioether (sulfide) groups is 1. The van der Waals surface area contributed by atoms with Crippen LogP contribution in [0.4, 0.5) is 5.69 Å². The minimum atomic E-state index is -0.122. The van der Waals surface area contributed by atoms with Crippen molar-refractivity contribution in [2.45, 2.75) is 4.90 Å². The number of hydrogen-bond acceptors (Lipinski definition) is 4. The van der Waals surface area contributed by atoms with Crippen LogP contribution in [0.3, 0.4) is 0 Å². The van der Waals surface area contributed by atoms with Gasteiger partial charge >= 0.3 is 0 Å². The van der Waals surface area contributed by atoms with E-state index in [1.54, 1.807) is 6.07 Å². The number of Topliss-reactive ketones (excluding diaryl/α,β-unsaturated/α-hetero) is 1. The van der Waals surface area contributed by atoms with Gasteiger partial charge in [-0.1, -0.05) is 40.2 Å². The highest BCUT2D eigenvalue weighted by Gasteiger charge is 2.09. The van der Waals surface area contributed by atoms with Gasteiger partial charge in [-0.3, -0.25) is 9.59 Å². The van der Waals surface area contributed by atoms with Crippen LogP contribution < -0.4 is 5.32 Å². The fourth-order valence-electron chi connectivity index (χ4n) is 2.13. The molecule has 0 aliphatic rings. The summed E-state index contributed by atoms with van der Waals surface area (Å²) in [7, 11) is 0. The van der Waals surface area contributed by atoms with E-state index in [0.29, 0.717) is 16.2 Å². The Balaban J connectivity index is 1.60. The SMILES string of the molecule is O=C(CSc1cccc(NC(=O)c2cccs2)c1)c1ccc(Br)cc1. The summed E-state index contributed by atoms with van der Waals surface area (Å²) in [5.74, 6) is 0.304. The lowest BCUT2D eigenvalue weighted by molar-refractivity contribution is 0.101. The Bertz CT molecular complexity index is 877. The van der Waals surface area contributed by atoms with E-state index in [0.717, 1.165) is 15.1 Å². The summed E-state index contributed by atoms with van der Waals surface area (Å²) in [6, 6.07) is 18.5. The van der Waals surface area contributed by atoms with Crippen LogP contribution >= 0.6 is 39.0 Å². The van der Waals surface area contributed by atoms with Crippen molar-refractivity contribution in [1.29, 1.82) is 0 Å². The van der Waals surface area contributed by atoms with Gasteiger partial charge in [-0.25, -0.2) is 0 Å². The van der Waals surface area contributed by atoms with Gasteiger partial charge in [0.05, 0.1) is 10.6 Å². The Morgan fingerprint density at radius 2 is 1.84 bits per heavy atom. The van der Waals surface area contributed by atoms with Crippen LogP contribution in [0.15, 0.2) is 75.4 Å². The van der Waals surface area contributed by atoms with E-state index in [1.165, 1.54) is 23.1 Å². The number of ketones is 1. The maximum atomic E-state index is 12.2.